The number of nitrogens with two attached hydrogens (primary N) is 1. The minimum atomic E-state index is -0.544. The van der Waals surface area contributed by atoms with Crippen LogP contribution in [-0.2, 0) is 0 Å². The molecule has 0 saturated heterocycles. The van der Waals surface area contributed by atoms with Gasteiger partial charge in [-0.15, -0.1) is 22.9 Å². The van der Waals surface area contributed by atoms with E-state index in [9.17, 15) is 4.79 Å². The summed E-state index contributed by atoms with van der Waals surface area (Å²) in [4.78, 5) is 12.0. The van der Waals surface area contributed by atoms with E-state index in [1.165, 1.54) is 11.3 Å². The van der Waals surface area contributed by atoms with E-state index in [2.05, 4.69) is 0 Å². The van der Waals surface area contributed by atoms with Crippen molar-refractivity contribution in [2.75, 3.05) is 0 Å². The maximum absolute atomic E-state index is 11.3. The van der Waals surface area contributed by atoms with E-state index in [1.54, 1.807) is 0 Å². The lowest BCUT2D eigenvalue weighted by atomic mass is 10.2. The Balaban J connectivity index is 2.56. The van der Waals surface area contributed by atoms with Gasteiger partial charge in [-0.3, -0.25) is 4.79 Å². The molecule has 2 N–H and O–H groups in total. The van der Waals surface area contributed by atoms with Crippen LogP contribution in [0.15, 0.2) is 11.4 Å². The summed E-state index contributed by atoms with van der Waals surface area (Å²) < 4.78 is 0. The SMILES string of the molecule is NC1c2ccsc2C(=O)C1Cl. The number of alkyl halides is 1. The molecule has 0 amide bonds. The highest BCUT2D eigenvalue weighted by Gasteiger charge is 2.36. The smallest absolute Gasteiger partial charge is 0.192 e. The Bertz CT molecular complexity index is 309. The van der Waals surface area contributed by atoms with Crippen LogP contribution in [0.5, 0.6) is 0 Å². The minimum absolute atomic E-state index is 0.0239. The van der Waals surface area contributed by atoms with Crippen LogP contribution in [-0.4, -0.2) is 11.2 Å². The van der Waals surface area contributed by atoms with Gasteiger partial charge in [0, 0.05) is 0 Å². The van der Waals surface area contributed by atoms with Gasteiger partial charge in [-0.25, -0.2) is 0 Å². The molecular formula is C7H6ClNOS. The van der Waals surface area contributed by atoms with Crippen molar-refractivity contribution >= 4 is 28.7 Å². The van der Waals surface area contributed by atoms with Crippen molar-refractivity contribution in [3.63, 3.8) is 0 Å². The number of thiophene rings is 1. The lowest BCUT2D eigenvalue weighted by molar-refractivity contribution is 0.0996. The van der Waals surface area contributed by atoms with Gasteiger partial charge in [-0.05, 0) is 17.0 Å². The zero-order valence-corrected chi connectivity index (χ0v) is 7.15. The number of hydrogen-bond donors (Lipinski definition) is 1. The second kappa shape index (κ2) is 2.30. The summed E-state index contributed by atoms with van der Waals surface area (Å²) >= 11 is 7.17. The summed E-state index contributed by atoms with van der Waals surface area (Å²) in [5, 5.41) is 1.32. The van der Waals surface area contributed by atoms with Gasteiger partial charge in [0.2, 0.25) is 0 Å². The van der Waals surface area contributed by atoms with Crippen LogP contribution in [0, 0.1) is 0 Å². The summed E-state index contributed by atoms with van der Waals surface area (Å²) in [6.45, 7) is 0. The highest BCUT2D eigenvalue weighted by molar-refractivity contribution is 7.12. The van der Waals surface area contributed by atoms with Crippen molar-refractivity contribution in [1.29, 1.82) is 0 Å². The lowest BCUT2D eigenvalue weighted by Crippen LogP contribution is -2.20. The van der Waals surface area contributed by atoms with Gasteiger partial charge in [-0.2, -0.15) is 0 Å². The average Bonchev–Trinajstić information content (AvgIpc) is 2.53. The molecule has 2 rings (SSSR count). The van der Waals surface area contributed by atoms with Gasteiger partial charge < -0.3 is 5.73 Å². The normalized spacial score (nSPS) is 29.1. The fourth-order valence-electron chi connectivity index (χ4n) is 1.23. The molecule has 1 aliphatic rings. The Labute approximate surface area is 73.0 Å². The average molecular weight is 188 g/mol. The van der Waals surface area contributed by atoms with E-state index in [4.69, 9.17) is 17.3 Å². The molecule has 0 aliphatic heterocycles. The van der Waals surface area contributed by atoms with E-state index < -0.39 is 5.38 Å². The predicted molar refractivity (Wildman–Crippen MR) is 45.2 cm³/mol. The first-order chi connectivity index (χ1) is 5.22. The number of hydrogen-bond acceptors (Lipinski definition) is 3. The van der Waals surface area contributed by atoms with Crippen molar-refractivity contribution in [2.45, 2.75) is 11.4 Å². The third-order valence-corrected chi connectivity index (χ3v) is 3.26. The molecule has 0 spiro atoms. The second-order valence-corrected chi connectivity index (χ2v) is 3.88. The largest absolute Gasteiger partial charge is 0.322 e. The van der Waals surface area contributed by atoms with Crippen LogP contribution < -0.4 is 5.73 Å². The molecule has 0 saturated carbocycles. The number of halogens is 1. The number of carbonyl (C=O) groups is 1. The molecule has 4 heteroatoms. The molecule has 0 aromatic carbocycles. The Hall–Kier alpha value is -0.380. The van der Waals surface area contributed by atoms with Crippen molar-refractivity contribution in [3.05, 3.63) is 21.9 Å². The third kappa shape index (κ3) is 0.851. The fourth-order valence-corrected chi connectivity index (χ4v) is 2.47. The van der Waals surface area contributed by atoms with Crippen LogP contribution in [0.4, 0.5) is 0 Å². The Kier molecular flexibility index (Phi) is 1.52. The summed E-state index contributed by atoms with van der Waals surface area (Å²) in [6, 6.07) is 1.57. The van der Waals surface area contributed by atoms with E-state index in [1.807, 2.05) is 11.4 Å². The van der Waals surface area contributed by atoms with Gasteiger partial charge >= 0.3 is 0 Å². The molecule has 2 nitrogen and oxygen atoms in total. The van der Waals surface area contributed by atoms with Gasteiger partial charge in [0.25, 0.3) is 0 Å². The Morgan fingerprint density at radius 2 is 2.36 bits per heavy atom. The minimum Gasteiger partial charge on any atom is -0.322 e. The number of ketones is 1. The van der Waals surface area contributed by atoms with Gasteiger partial charge in [0.1, 0.15) is 5.38 Å². The van der Waals surface area contributed by atoms with E-state index in [-0.39, 0.29) is 11.8 Å². The number of fused-ring (bicyclic) bond motifs is 1. The zero-order valence-electron chi connectivity index (χ0n) is 5.58. The maximum Gasteiger partial charge on any atom is 0.192 e. The first-order valence-corrected chi connectivity index (χ1v) is 4.54. The highest BCUT2D eigenvalue weighted by Crippen LogP contribution is 2.36. The predicted octanol–water partition coefficient (Wildman–Crippen LogP) is 1.55. The van der Waals surface area contributed by atoms with E-state index in [0.717, 1.165) is 10.4 Å². The number of rotatable bonds is 0. The topological polar surface area (TPSA) is 43.1 Å². The van der Waals surface area contributed by atoms with Crippen LogP contribution in [0.2, 0.25) is 0 Å². The quantitative estimate of drug-likeness (QED) is 0.627. The van der Waals surface area contributed by atoms with Gasteiger partial charge in [0.05, 0.1) is 10.9 Å². The van der Waals surface area contributed by atoms with Crippen LogP contribution in [0.1, 0.15) is 21.3 Å². The maximum atomic E-state index is 11.3. The standard InChI is InChI=1S/C7H6ClNOS/c8-4-5(9)3-1-2-11-7(3)6(4)10/h1-2,4-5H,9H2. The zero-order chi connectivity index (χ0) is 8.01. The summed E-state index contributed by atoms with van der Waals surface area (Å²) in [5.41, 5.74) is 6.58. The molecule has 0 bridgehead atoms. The molecule has 2 unspecified atom stereocenters. The van der Waals surface area contributed by atoms with E-state index in [0.29, 0.717) is 0 Å². The Morgan fingerprint density at radius 3 is 3.00 bits per heavy atom. The molecule has 1 aromatic rings. The lowest BCUT2D eigenvalue weighted by Gasteiger charge is -2.04. The molecule has 1 aromatic heterocycles. The third-order valence-electron chi connectivity index (χ3n) is 1.84. The van der Waals surface area contributed by atoms with Crippen LogP contribution >= 0.6 is 22.9 Å². The number of carbonyl (C=O) groups excluding carboxylic acids is 1. The summed E-state index contributed by atoms with van der Waals surface area (Å²) in [5.74, 6) is -0.0239. The molecule has 0 radical (unpaired) electrons. The number of Topliss-reactive ketones (excluding diaryl/α,β-unsaturated/α-hetero) is 1. The Morgan fingerprint density at radius 1 is 1.64 bits per heavy atom. The molecular weight excluding hydrogens is 182 g/mol. The van der Waals surface area contributed by atoms with Crippen LogP contribution in [0.3, 0.4) is 0 Å². The molecule has 2 atom stereocenters. The van der Waals surface area contributed by atoms with Crippen LogP contribution in [0.25, 0.3) is 0 Å². The van der Waals surface area contributed by atoms with Gasteiger partial charge in [0.15, 0.2) is 5.78 Å². The van der Waals surface area contributed by atoms with Crippen molar-refractivity contribution in [3.8, 4) is 0 Å². The monoisotopic (exact) mass is 187 g/mol. The van der Waals surface area contributed by atoms with Crippen molar-refractivity contribution in [2.24, 2.45) is 5.73 Å². The van der Waals surface area contributed by atoms with Crippen molar-refractivity contribution in [1.82, 2.24) is 0 Å². The first-order valence-electron chi connectivity index (χ1n) is 3.23. The molecule has 58 valence electrons. The fraction of sp³-hybridized carbons (Fsp3) is 0.286. The van der Waals surface area contributed by atoms with E-state index >= 15 is 0 Å². The molecule has 0 fully saturated rings. The van der Waals surface area contributed by atoms with Crippen molar-refractivity contribution < 1.29 is 4.79 Å². The summed E-state index contributed by atoms with van der Waals surface area (Å²) in [7, 11) is 0. The summed E-state index contributed by atoms with van der Waals surface area (Å²) in [6.07, 6.45) is 0. The second-order valence-electron chi connectivity index (χ2n) is 2.50. The van der Waals surface area contributed by atoms with Gasteiger partial charge in [-0.1, -0.05) is 0 Å². The first kappa shape index (κ1) is 7.28. The molecule has 11 heavy (non-hydrogen) atoms. The highest BCUT2D eigenvalue weighted by atomic mass is 35.5. The molecule has 1 aliphatic carbocycles. The molecule has 1 heterocycles.